The number of benzene rings is 3. The third-order valence-corrected chi connectivity index (χ3v) is 5.92. The van der Waals surface area contributed by atoms with Crippen LogP contribution >= 0.6 is 0 Å². The third-order valence-electron chi connectivity index (χ3n) is 5.92. The van der Waals surface area contributed by atoms with Gasteiger partial charge in [0.1, 0.15) is 0 Å². The smallest absolute Gasteiger partial charge is 0.236 e. The summed E-state index contributed by atoms with van der Waals surface area (Å²) in [5.41, 5.74) is 10.5. The Morgan fingerprint density at radius 2 is 1.60 bits per heavy atom. The van der Waals surface area contributed by atoms with Gasteiger partial charge in [-0.05, 0) is 55.5 Å². The van der Waals surface area contributed by atoms with Crippen LogP contribution in [0.2, 0.25) is 0 Å². The molecule has 0 spiro atoms. The van der Waals surface area contributed by atoms with Crippen molar-refractivity contribution in [2.75, 3.05) is 22.5 Å². The van der Waals surface area contributed by atoms with Gasteiger partial charge in [-0.1, -0.05) is 60.7 Å². The van der Waals surface area contributed by atoms with Crippen molar-refractivity contribution in [3.63, 3.8) is 0 Å². The molecule has 1 heterocycles. The molecule has 1 amide bonds. The van der Waals surface area contributed by atoms with Gasteiger partial charge in [-0.3, -0.25) is 4.79 Å². The lowest BCUT2D eigenvalue weighted by Crippen LogP contribution is -2.38. The van der Waals surface area contributed by atoms with Crippen LogP contribution in [0.1, 0.15) is 43.2 Å². The van der Waals surface area contributed by atoms with Crippen LogP contribution in [-0.4, -0.2) is 18.5 Å². The summed E-state index contributed by atoms with van der Waals surface area (Å²) < 4.78 is 0. The number of anilines is 3. The van der Waals surface area contributed by atoms with Gasteiger partial charge in [-0.15, -0.1) is 0 Å². The number of nitrogens with two attached hydrogens (primary N) is 1. The molecule has 0 bridgehead atoms. The summed E-state index contributed by atoms with van der Waals surface area (Å²) >= 11 is 0. The fourth-order valence-electron chi connectivity index (χ4n) is 4.35. The summed E-state index contributed by atoms with van der Waals surface area (Å²) in [6, 6.07) is 26.1. The Bertz CT molecular complexity index is 948. The molecule has 3 N–H and O–H groups in total. The molecule has 4 rings (SSSR count). The lowest BCUT2D eigenvalue weighted by molar-refractivity contribution is -0.116. The predicted octanol–water partition coefficient (Wildman–Crippen LogP) is 5.42. The number of piperidine rings is 1. The van der Waals surface area contributed by atoms with Crippen molar-refractivity contribution in [3.05, 3.63) is 90.0 Å². The summed E-state index contributed by atoms with van der Waals surface area (Å²) in [6.45, 7) is 3.24. The van der Waals surface area contributed by atoms with E-state index < -0.39 is 0 Å². The van der Waals surface area contributed by atoms with Gasteiger partial charge in [0, 0.05) is 18.3 Å². The first-order chi connectivity index (χ1) is 14.6. The molecular weight excluding hydrogens is 370 g/mol. The van der Waals surface area contributed by atoms with Crippen molar-refractivity contribution in [1.82, 2.24) is 0 Å². The van der Waals surface area contributed by atoms with Crippen molar-refractivity contribution in [3.8, 4) is 0 Å². The Hall–Kier alpha value is -3.27. The predicted molar refractivity (Wildman–Crippen MR) is 125 cm³/mol. The van der Waals surface area contributed by atoms with Crippen LogP contribution in [0.4, 0.5) is 17.1 Å². The van der Waals surface area contributed by atoms with Crippen LogP contribution < -0.4 is 16.0 Å². The molecule has 1 fully saturated rings. The van der Waals surface area contributed by atoms with Crippen molar-refractivity contribution in [1.29, 1.82) is 0 Å². The van der Waals surface area contributed by atoms with E-state index >= 15 is 0 Å². The maximum atomic E-state index is 13.6. The number of amides is 1. The second kappa shape index (κ2) is 9.04. The van der Waals surface area contributed by atoms with Crippen LogP contribution in [0.5, 0.6) is 0 Å². The van der Waals surface area contributed by atoms with E-state index in [4.69, 9.17) is 5.73 Å². The maximum absolute atomic E-state index is 13.6. The monoisotopic (exact) mass is 399 g/mol. The van der Waals surface area contributed by atoms with Gasteiger partial charge in [0.05, 0.1) is 17.3 Å². The average Bonchev–Trinajstić information content (AvgIpc) is 2.76. The molecule has 154 valence electrons. The number of nitrogen functional groups attached to an aromatic ring is 1. The molecule has 1 unspecified atom stereocenters. The quantitative estimate of drug-likeness (QED) is 0.563. The van der Waals surface area contributed by atoms with Crippen LogP contribution in [0.3, 0.4) is 0 Å². The molecule has 4 heteroatoms. The minimum absolute atomic E-state index is 0.0519. The van der Waals surface area contributed by atoms with Crippen LogP contribution in [-0.2, 0) is 4.79 Å². The zero-order valence-electron chi connectivity index (χ0n) is 17.4. The van der Waals surface area contributed by atoms with E-state index in [2.05, 4.69) is 17.1 Å². The van der Waals surface area contributed by atoms with Gasteiger partial charge in [0.25, 0.3) is 0 Å². The summed E-state index contributed by atoms with van der Waals surface area (Å²) in [4.78, 5) is 16.0. The molecule has 3 aromatic carbocycles. The van der Waals surface area contributed by atoms with Gasteiger partial charge < -0.3 is 16.0 Å². The van der Waals surface area contributed by atoms with Gasteiger partial charge >= 0.3 is 0 Å². The Morgan fingerprint density at radius 1 is 0.967 bits per heavy atom. The van der Waals surface area contributed by atoms with E-state index in [1.54, 1.807) is 0 Å². The van der Waals surface area contributed by atoms with E-state index in [0.717, 1.165) is 35.5 Å². The molecule has 0 radical (unpaired) electrons. The molecule has 30 heavy (non-hydrogen) atoms. The molecule has 1 aliphatic rings. The van der Waals surface area contributed by atoms with Gasteiger partial charge in [-0.2, -0.15) is 0 Å². The second-order valence-corrected chi connectivity index (χ2v) is 8.06. The minimum Gasteiger partial charge on any atom is -0.399 e. The molecule has 3 aromatic rings. The van der Waals surface area contributed by atoms with E-state index in [1.807, 2.05) is 78.9 Å². The van der Waals surface area contributed by atoms with Gasteiger partial charge in [0.2, 0.25) is 5.91 Å². The van der Waals surface area contributed by atoms with E-state index in [1.165, 1.54) is 12.8 Å². The Balaban J connectivity index is 1.68. The van der Waals surface area contributed by atoms with Crippen molar-refractivity contribution >= 4 is 23.0 Å². The number of nitrogens with zero attached hydrogens (tertiary/aromatic N) is 1. The number of nitrogens with one attached hydrogen (secondary N) is 1. The fraction of sp³-hybridized carbons (Fsp3) is 0.269. The first-order valence-corrected chi connectivity index (χ1v) is 10.7. The molecule has 0 aliphatic carbocycles. The fourth-order valence-corrected chi connectivity index (χ4v) is 4.35. The highest BCUT2D eigenvalue weighted by Gasteiger charge is 2.26. The molecule has 1 aliphatic heterocycles. The summed E-state index contributed by atoms with van der Waals surface area (Å²) in [5, 5.41) is 3.21. The summed E-state index contributed by atoms with van der Waals surface area (Å²) in [7, 11) is 0. The highest BCUT2D eigenvalue weighted by molar-refractivity contribution is 6.01. The molecule has 0 aromatic heterocycles. The zero-order valence-corrected chi connectivity index (χ0v) is 17.4. The average molecular weight is 400 g/mol. The highest BCUT2D eigenvalue weighted by atomic mass is 16.1. The largest absolute Gasteiger partial charge is 0.399 e. The van der Waals surface area contributed by atoms with Gasteiger partial charge in [-0.25, -0.2) is 0 Å². The van der Waals surface area contributed by atoms with Crippen molar-refractivity contribution in [2.45, 2.75) is 38.1 Å². The SMILES string of the molecule is CC1CCCCN1c1ccc(N)cc1NC(=O)C(c1ccccc1)c1ccccc1. The van der Waals surface area contributed by atoms with Crippen LogP contribution in [0.25, 0.3) is 0 Å². The van der Waals surface area contributed by atoms with Crippen LogP contribution in [0, 0.1) is 0 Å². The number of rotatable bonds is 5. The summed E-state index contributed by atoms with van der Waals surface area (Å²) in [5.74, 6) is -0.440. The van der Waals surface area contributed by atoms with Crippen molar-refractivity contribution in [2.24, 2.45) is 0 Å². The Morgan fingerprint density at radius 3 is 2.20 bits per heavy atom. The van der Waals surface area contributed by atoms with Crippen molar-refractivity contribution < 1.29 is 4.79 Å². The highest BCUT2D eigenvalue weighted by Crippen LogP contribution is 2.34. The number of carbonyl (C=O) groups is 1. The molecular formula is C26H29N3O. The van der Waals surface area contributed by atoms with E-state index in [-0.39, 0.29) is 11.8 Å². The topological polar surface area (TPSA) is 58.4 Å². The van der Waals surface area contributed by atoms with Gasteiger partial charge in [0.15, 0.2) is 0 Å². The third kappa shape index (κ3) is 4.33. The normalized spacial score (nSPS) is 16.5. The van der Waals surface area contributed by atoms with Crippen LogP contribution in [0.15, 0.2) is 78.9 Å². The van der Waals surface area contributed by atoms with E-state index in [0.29, 0.717) is 11.7 Å². The molecule has 1 atom stereocenters. The first-order valence-electron chi connectivity index (χ1n) is 10.7. The molecule has 0 saturated carbocycles. The number of hydrogen-bond acceptors (Lipinski definition) is 3. The standard InChI is InChI=1S/C26H29N3O/c1-19-10-8-9-17-29(19)24-16-15-22(27)18-23(24)28-26(30)25(20-11-4-2-5-12-20)21-13-6-3-7-14-21/h2-7,11-16,18-19,25H,8-10,17,27H2,1H3,(H,28,30). The number of hydrogen-bond donors (Lipinski definition) is 2. The second-order valence-electron chi connectivity index (χ2n) is 8.06. The Kier molecular flexibility index (Phi) is 6.03. The maximum Gasteiger partial charge on any atom is 0.236 e. The van der Waals surface area contributed by atoms with E-state index in [9.17, 15) is 4.79 Å². The first kappa shape index (κ1) is 20.0. The molecule has 4 nitrogen and oxygen atoms in total. The zero-order chi connectivity index (χ0) is 20.9. The summed E-state index contributed by atoms with van der Waals surface area (Å²) in [6.07, 6.45) is 3.57. The minimum atomic E-state index is -0.388. The Labute approximate surface area is 178 Å². The lowest BCUT2D eigenvalue weighted by atomic mass is 9.90. The molecule has 1 saturated heterocycles. The number of carbonyl (C=O) groups excluding carboxylic acids is 1. The lowest BCUT2D eigenvalue weighted by Gasteiger charge is -2.36.